The summed E-state index contributed by atoms with van der Waals surface area (Å²) in [5.74, 6) is -0.122. The monoisotopic (exact) mass is 404 g/mol. The fourth-order valence-electron chi connectivity index (χ4n) is 3.45. The Morgan fingerprint density at radius 2 is 1.48 bits per heavy atom. The molecular formula is C21H22Cl2N2O2. The number of hydrogen-bond donors (Lipinski definition) is 0. The van der Waals surface area contributed by atoms with Crippen LogP contribution in [0.4, 0.5) is 0 Å². The van der Waals surface area contributed by atoms with Gasteiger partial charge in [0, 0.05) is 41.8 Å². The molecule has 0 N–H and O–H groups in total. The normalized spacial score (nSPS) is 15.5. The summed E-state index contributed by atoms with van der Waals surface area (Å²) in [6.07, 6.45) is 0.753. The van der Waals surface area contributed by atoms with Crippen molar-refractivity contribution in [2.24, 2.45) is 0 Å². The highest BCUT2D eigenvalue weighted by molar-refractivity contribution is 6.35. The zero-order valence-electron chi connectivity index (χ0n) is 15.2. The van der Waals surface area contributed by atoms with E-state index in [9.17, 15) is 9.59 Å². The number of amides is 2. The van der Waals surface area contributed by atoms with Gasteiger partial charge in [0.1, 0.15) is 0 Å². The molecule has 1 heterocycles. The van der Waals surface area contributed by atoms with Gasteiger partial charge in [-0.1, -0.05) is 60.5 Å². The Hall–Kier alpha value is -2.04. The summed E-state index contributed by atoms with van der Waals surface area (Å²) in [6, 6.07) is 14.7. The molecule has 1 saturated heterocycles. The lowest BCUT2D eigenvalue weighted by molar-refractivity contribution is -0.134. The van der Waals surface area contributed by atoms with E-state index in [-0.39, 0.29) is 17.7 Å². The molecule has 6 heteroatoms. The van der Waals surface area contributed by atoms with Crippen LogP contribution in [0.2, 0.25) is 10.0 Å². The average molecular weight is 405 g/mol. The van der Waals surface area contributed by atoms with Crippen molar-refractivity contribution in [3.05, 3.63) is 69.7 Å². The van der Waals surface area contributed by atoms with E-state index in [4.69, 9.17) is 23.2 Å². The van der Waals surface area contributed by atoms with Crippen molar-refractivity contribution in [1.82, 2.24) is 9.80 Å². The number of piperazine rings is 1. The highest BCUT2D eigenvalue weighted by Gasteiger charge is 2.29. The van der Waals surface area contributed by atoms with Gasteiger partial charge in [-0.05, 0) is 30.2 Å². The van der Waals surface area contributed by atoms with Crippen molar-refractivity contribution in [3.63, 3.8) is 0 Å². The highest BCUT2D eigenvalue weighted by atomic mass is 35.5. The zero-order valence-corrected chi connectivity index (χ0v) is 16.7. The molecule has 1 atom stereocenters. The number of nitrogens with zero attached hydrogens (tertiary/aromatic N) is 2. The molecule has 0 aromatic heterocycles. The number of halogens is 2. The van der Waals surface area contributed by atoms with Crippen molar-refractivity contribution in [3.8, 4) is 0 Å². The number of carbonyl (C=O) groups excluding carboxylic acids is 2. The van der Waals surface area contributed by atoms with Gasteiger partial charge in [-0.25, -0.2) is 0 Å². The minimum Gasteiger partial charge on any atom is -0.339 e. The predicted octanol–water partition coefficient (Wildman–Crippen LogP) is 4.47. The van der Waals surface area contributed by atoms with Crippen molar-refractivity contribution < 1.29 is 9.59 Å². The molecule has 1 fully saturated rings. The number of rotatable bonds is 4. The van der Waals surface area contributed by atoms with Crippen LogP contribution in [0.5, 0.6) is 0 Å². The first-order valence-corrected chi connectivity index (χ1v) is 9.84. The van der Waals surface area contributed by atoms with E-state index in [1.54, 1.807) is 23.1 Å². The second kappa shape index (κ2) is 8.77. The summed E-state index contributed by atoms with van der Waals surface area (Å²) in [4.78, 5) is 29.3. The highest BCUT2D eigenvalue weighted by Crippen LogP contribution is 2.24. The maximum atomic E-state index is 13.0. The van der Waals surface area contributed by atoms with E-state index < -0.39 is 0 Å². The van der Waals surface area contributed by atoms with E-state index in [0.29, 0.717) is 41.8 Å². The molecule has 142 valence electrons. The molecule has 2 aromatic rings. The standard InChI is InChI=1S/C21H22Cl2N2O2/c1-2-19(15-6-4-3-5-7-15)21(27)25-10-8-24(9-11-25)20(26)16-12-17(22)14-18(23)13-16/h3-7,12-14,19H,2,8-11H2,1H3. The van der Waals surface area contributed by atoms with Crippen LogP contribution >= 0.6 is 23.2 Å². The SMILES string of the molecule is CCC(C(=O)N1CCN(C(=O)c2cc(Cl)cc(Cl)c2)CC1)c1ccccc1. The topological polar surface area (TPSA) is 40.6 Å². The first kappa shape index (κ1) is 19.7. The molecule has 0 aliphatic carbocycles. The third kappa shape index (κ3) is 4.63. The minimum atomic E-state index is -0.139. The summed E-state index contributed by atoms with van der Waals surface area (Å²) >= 11 is 12.0. The molecule has 0 radical (unpaired) electrons. The van der Waals surface area contributed by atoms with Crippen LogP contribution in [0.15, 0.2) is 48.5 Å². The van der Waals surface area contributed by atoms with Crippen molar-refractivity contribution in [2.75, 3.05) is 26.2 Å². The molecule has 1 aliphatic heterocycles. The van der Waals surface area contributed by atoms with Gasteiger partial charge in [0.05, 0.1) is 5.92 Å². The second-order valence-corrected chi connectivity index (χ2v) is 7.52. The van der Waals surface area contributed by atoms with Crippen molar-refractivity contribution >= 4 is 35.0 Å². The van der Waals surface area contributed by atoms with Crippen LogP contribution in [0.25, 0.3) is 0 Å². The lowest BCUT2D eigenvalue weighted by Crippen LogP contribution is -2.51. The molecule has 3 rings (SSSR count). The summed E-state index contributed by atoms with van der Waals surface area (Å²) in [5, 5.41) is 0.877. The lowest BCUT2D eigenvalue weighted by Gasteiger charge is -2.36. The van der Waals surface area contributed by atoms with E-state index in [1.807, 2.05) is 42.2 Å². The van der Waals surface area contributed by atoms with E-state index in [2.05, 4.69) is 0 Å². The van der Waals surface area contributed by atoms with Crippen LogP contribution < -0.4 is 0 Å². The fourth-order valence-corrected chi connectivity index (χ4v) is 3.97. The molecule has 0 spiro atoms. The smallest absolute Gasteiger partial charge is 0.254 e. The van der Waals surface area contributed by atoms with Gasteiger partial charge in [0.15, 0.2) is 0 Å². The van der Waals surface area contributed by atoms with Crippen LogP contribution in [-0.4, -0.2) is 47.8 Å². The Labute approximate surface area is 169 Å². The third-order valence-electron chi connectivity index (χ3n) is 4.90. The molecule has 2 amide bonds. The molecule has 1 unspecified atom stereocenters. The Balaban J connectivity index is 1.64. The maximum Gasteiger partial charge on any atom is 0.254 e. The molecule has 0 saturated carbocycles. The fraction of sp³-hybridized carbons (Fsp3) is 0.333. The molecule has 0 bridgehead atoms. The van der Waals surface area contributed by atoms with E-state index in [0.717, 1.165) is 12.0 Å². The van der Waals surface area contributed by atoms with E-state index >= 15 is 0 Å². The average Bonchev–Trinajstić information content (AvgIpc) is 2.68. The van der Waals surface area contributed by atoms with Crippen LogP contribution in [0, 0.1) is 0 Å². The first-order chi connectivity index (χ1) is 13.0. The molecule has 1 aliphatic rings. The molecular weight excluding hydrogens is 383 g/mol. The van der Waals surface area contributed by atoms with Crippen molar-refractivity contribution in [2.45, 2.75) is 19.3 Å². The second-order valence-electron chi connectivity index (χ2n) is 6.65. The van der Waals surface area contributed by atoms with Gasteiger partial charge in [0.2, 0.25) is 5.91 Å². The Kier molecular flexibility index (Phi) is 6.40. The van der Waals surface area contributed by atoms with Crippen LogP contribution in [0.1, 0.15) is 35.2 Å². The van der Waals surface area contributed by atoms with Gasteiger partial charge in [-0.3, -0.25) is 9.59 Å². The molecule has 2 aromatic carbocycles. The summed E-state index contributed by atoms with van der Waals surface area (Å²) in [6.45, 7) is 4.09. The van der Waals surface area contributed by atoms with Crippen LogP contribution in [0.3, 0.4) is 0 Å². The summed E-state index contributed by atoms with van der Waals surface area (Å²) in [5.41, 5.74) is 1.51. The van der Waals surface area contributed by atoms with Crippen LogP contribution in [-0.2, 0) is 4.79 Å². The molecule has 4 nitrogen and oxygen atoms in total. The number of hydrogen-bond acceptors (Lipinski definition) is 2. The first-order valence-electron chi connectivity index (χ1n) is 9.08. The quantitative estimate of drug-likeness (QED) is 0.753. The van der Waals surface area contributed by atoms with Crippen molar-refractivity contribution in [1.29, 1.82) is 0 Å². The third-order valence-corrected chi connectivity index (χ3v) is 5.33. The van der Waals surface area contributed by atoms with Gasteiger partial charge in [0.25, 0.3) is 5.91 Å². The largest absolute Gasteiger partial charge is 0.339 e. The lowest BCUT2D eigenvalue weighted by atomic mass is 9.95. The van der Waals surface area contributed by atoms with Gasteiger partial charge >= 0.3 is 0 Å². The Morgan fingerprint density at radius 1 is 0.926 bits per heavy atom. The molecule has 27 heavy (non-hydrogen) atoms. The predicted molar refractivity (Wildman–Crippen MR) is 108 cm³/mol. The Morgan fingerprint density at radius 3 is 2.04 bits per heavy atom. The number of benzene rings is 2. The van der Waals surface area contributed by atoms with Gasteiger partial charge in [-0.2, -0.15) is 0 Å². The minimum absolute atomic E-state index is 0.110. The van der Waals surface area contributed by atoms with E-state index in [1.165, 1.54) is 0 Å². The van der Waals surface area contributed by atoms with Gasteiger partial charge < -0.3 is 9.80 Å². The zero-order chi connectivity index (χ0) is 19.4. The number of carbonyl (C=O) groups is 2. The Bertz CT molecular complexity index is 798. The maximum absolute atomic E-state index is 13.0. The summed E-state index contributed by atoms with van der Waals surface area (Å²) < 4.78 is 0. The van der Waals surface area contributed by atoms with Gasteiger partial charge in [-0.15, -0.1) is 0 Å². The summed E-state index contributed by atoms with van der Waals surface area (Å²) in [7, 11) is 0.